The van der Waals surface area contributed by atoms with Crippen LogP contribution in [0.3, 0.4) is 0 Å². The summed E-state index contributed by atoms with van der Waals surface area (Å²) in [5, 5.41) is 2.01. The molecule has 2 atom stereocenters. The third-order valence-electron chi connectivity index (χ3n) is 3.54. The molecule has 1 aliphatic carbocycles. The summed E-state index contributed by atoms with van der Waals surface area (Å²) >= 11 is 0. The molecular weight excluding hydrogens is 283 g/mol. The summed E-state index contributed by atoms with van der Waals surface area (Å²) in [7, 11) is -3.24. The van der Waals surface area contributed by atoms with E-state index in [-0.39, 0.29) is 5.69 Å². The van der Waals surface area contributed by atoms with Gasteiger partial charge in [0.25, 0.3) is 5.91 Å². The van der Waals surface area contributed by atoms with Crippen molar-refractivity contribution in [2.75, 3.05) is 6.26 Å². The lowest BCUT2D eigenvalue weighted by Gasteiger charge is -2.30. The molecule has 0 spiro atoms. The maximum absolute atomic E-state index is 13.5. The molecule has 1 aromatic rings. The molecule has 2 rings (SSSR count). The number of hydrogen-bond donors (Lipinski definition) is 1. The lowest BCUT2D eigenvalue weighted by Crippen LogP contribution is -2.48. The van der Waals surface area contributed by atoms with Gasteiger partial charge in [0.2, 0.25) is 0 Å². The molecule has 0 saturated heterocycles. The number of carbonyl (C=O) groups excluding carboxylic acids is 1. The Kier molecular flexibility index (Phi) is 4.37. The van der Waals surface area contributed by atoms with Crippen LogP contribution in [0, 0.1) is 5.82 Å². The zero-order valence-electron chi connectivity index (χ0n) is 11.2. The predicted molar refractivity (Wildman–Crippen MR) is 72.5 cm³/mol. The van der Waals surface area contributed by atoms with E-state index < -0.39 is 32.9 Å². The number of pyridine rings is 1. The molecule has 1 aromatic heterocycles. The summed E-state index contributed by atoms with van der Waals surface area (Å²) in [5.74, 6) is -1.37. The number of rotatable bonds is 3. The molecule has 1 amide bonds. The first-order valence-corrected chi connectivity index (χ1v) is 8.45. The fourth-order valence-corrected chi connectivity index (χ4v) is 3.96. The fourth-order valence-electron chi connectivity index (χ4n) is 2.56. The van der Waals surface area contributed by atoms with Crippen LogP contribution in [0.15, 0.2) is 18.3 Å². The number of carbonyl (C=O) groups is 1. The Bertz CT molecular complexity index is 603. The van der Waals surface area contributed by atoms with Crippen LogP contribution in [0.2, 0.25) is 0 Å². The number of hydrogen-bond acceptors (Lipinski definition) is 4. The normalized spacial score (nSPS) is 23.3. The van der Waals surface area contributed by atoms with Gasteiger partial charge in [-0.15, -0.1) is 0 Å². The molecule has 0 bridgehead atoms. The molecule has 1 saturated carbocycles. The molecule has 1 N–H and O–H groups in total. The van der Waals surface area contributed by atoms with E-state index in [9.17, 15) is 17.6 Å². The second-order valence-corrected chi connectivity index (χ2v) is 7.33. The summed E-state index contributed by atoms with van der Waals surface area (Å²) in [4.78, 5) is 15.7. The predicted octanol–water partition coefficient (Wildman–Crippen LogP) is 1.31. The highest BCUT2D eigenvalue weighted by Crippen LogP contribution is 2.24. The number of sulfone groups is 1. The molecule has 0 aromatic carbocycles. The van der Waals surface area contributed by atoms with Crippen molar-refractivity contribution >= 4 is 15.7 Å². The molecule has 1 aliphatic rings. The number of halogens is 1. The van der Waals surface area contributed by atoms with Gasteiger partial charge in [-0.25, -0.2) is 17.8 Å². The van der Waals surface area contributed by atoms with Crippen molar-refractivity contribution in [1.82, 2.24) is 10.3 Å². The van der Waals surface area contributed by atoms with Crippen LogP contribution in [0.25, 0.3) is 0 Å². The zero-order valence-corrected chi connectivity index (χ0v) is 12.0. The molecule has 1 fully saturated rings. The van der Waals surface area contributed by atoms with Crippen molar-refractivity contribution in [3.63, 3.8) is 0 Å². The van der Waals surface area contributed by atoms with E-state index in [1.165, 1.54) is 18.5 Å². The van der Waals surface area contributed by atoms with Crippen molar-refractivity contribution in [3.05, 3.63) is 29.8 Å². The van der Waals surface area contributed by atoms with Crippen LogP contribution in [-0.4, -0.2) is 36.9 Å². The lowest BCUT2D eigenvalue weighted by atomic mass is 9.94. The first kappa shape index (κ1) is 14.9. The van der Waals surface area contributed by atoms with Gasteiger partial charge in [-0.05, 0) is 25.0 Å². The minimum atomic E-state index is -3.24. The van der Waals surface area contributed by atoms with Crippen molar-refractivity contribution in [1.29, 1.82) is 0 Å². The van der Waals surface area contributed by atoms with E-state index >= 15 is 0 Å². The van der Waals surface area contributed by atoms with Crippen LogP contribution in [0.1, 0.15) is 36.2 Å². The Morgan fingerprint density at radius 3 is 2.75 bits per heavy atom. The van der Waals surface area contributed by atoms with E-state index in [1.807, 2.05) is 0 Å². The van der Waals surface area contributed by atoms with Gasteiger partial charge in [-0.2, -0.15) is 0 Å². The molecule has 110 valence electrons. The Morgan fingerprint density at radius 1 is 1.40 bits per heavy atom. The van der Waals surface area contributed by atoms with E-state index in [0.29, 0.717) is 12.8 Å². The molecule has 1 heterocycles. The summed E-state index contributed by atoms with van der Waals surface area (Å²) in [6, 6.07) is 2.07. The second-order valence-electron chi connectivity index (χ2n) is 5.07. The van der Waals surface area contributed by atoms with Crippen LogP contribution in [0.5, 0.6) is 0 Å². The Balaban J connectivity index is 2.15. The molecule has 7 heteroatoms. The maximum atomic E-state index is 13.5. The molecule has 20 heavy (non-hydrogen) atoms. The third kappa shape index (κ3) is 3.33. The third-order valence-corrected chi connectivity index (χ3v) is 5.21. The summed E-state index contributed by atoms with van der Waals surface area (Å²) < 4.78 is 37.0. The van der Waals surface area contributed by atoms with Gasteiger partial charge in [-0.1, -0.05) is 12.8 Å². The smallest absolute Gasteiger partial charge is 0.273 e. The first-order valence-electron chi connectivity index (χ1n) is 6.50. The Morgan fingerprint density at radius 2 is 2.10 bits per heavy atom. The van der Waals surface area contributed by atoms with Gasteiger partial charge >= 0.3 is 0 Å². The molecule has 5 nitrogen and oxygen atoms in total. The van der Waals surface area contributed by atoms with E-state index in [2.05, 4.69) is 10.3 Å². The van der Waals surface area contributed by atoms with Crippen LogP contribution >= 0.6 is 0 Å². The van der Waals surface area contributed by atoms with Crippen molar-refractivity contribution in [2.45, 2.75) is 37.0 Å². The molecular formula is C13H17FN2O3S. The molecule has 0 radical (unpaired) electrons. The van der Waals surface area contributed by atoms with Crippen molar-refractivity contribution < 1.29 is 17.6 Å². The SMILES string of the molecule is CS(=O)(=O)[C@@H]1CCCC[C@H]1NC(=O)c1ncccc1F. The monoisotopic (exact) mass is 300 g/mol. The van der Waals surface area contributed by atoms with Gasteiger partial charge in [0.15, 0.2) is 21.3 Å². The first-order chi connectivity index (χ1) is 9.39. The maximum Gasteiger partial charge on any atom is 0.273 e. The fraction of sp³-hybridized carbons (Fsp3) is 0.538. The standard InChI is InChI=1S/C13H17FN2O3S/c1-20(18,19)11-7-3-2-6-10(11)16-13(17)12-9(14)5-4-8-15-12/h4-5,8,10-11H,2-3,6-7H2,1H3,(H,16,17)/t10-,11-/m1/s1. The zero-order chi connectivity index (χ0) is 14.8. The van der Waals surface area contributed by atoms with Crippen molar-refractivity contribution in [2.24, 2.45) is 0 Å². The van der Waals surface area contributed by atoms with E-state index in [0.717, 1.165) is 18.9 Å². The largest absolute Gasteiger partial charge is 0.347 e. The number of aromatic nitrogens is 1. The highest BCUT2D eigenvalue weighted by Gasteiger charge is 2.34. The Hall–Kier alpha value is -1.50. The minimum absolute atomic E-state index is 0.301. The van der Waals surface area contributed by atoms with Gasteiger partial charge < -0.3 is 5.32 Å². The van der Waals surface area contributed by atoms with Crippen LogP contribution in [0.4, 0.5) is 4.39 Å². The molecule has 0 unspecified atom stereocenters. The van der Waals surface area contributed by atoms with Gasteiger partial charge in [0, 0.05) is 18.5 Å². The number of amides is 1. The minimum Gasteiger partial charge on any atom is -0.347 e. The van der Waals surface area contributed by atoms with E-state index in [1.54, 1.807) is 0 Å². The van der Waals surface area contributed by atoms with Gasteiger partial charge in [-0.3, -0.25) is 4.79 Å². The highest BCUT2D eigenvalue weighted by molar-refractivity contribution is 7.91. The highest BCUT2D eigenvalue weighted by atomic mass is 32.2. The van der Waals surface area contributed by atoms with Crippen molar-refractivity contribution in [3.8, 4) is 0 Å². The topological polar surface area (TPSA) is 76.1 Å². The summed E-state index contributed by atoms with van der Waals surface area (Å²) in [6.45, 7) is 0. The summed E-state index contributed by atoms with van der Waals surface area (Å²) in [6.07, 6.45) is 5.27. The van der Waals surface area contributed by atoms with Crippen LogP contribution in [-0.2, 0) is 9.84 Å². The lowest BCUT2D eigenvalue weighted by molar-refractivity contribution is 0.0919. The Labute approximate surface area is 117 Å². The van der Waals surface area contributed by atoms with Gasteiger partial charge in [0.05, 0.1) is 5.25 Å². The quantitative estimate of drug-likeness (QED) is 0.913. The second kappa shape index (κ2) is 5.87. The van der Waals surface area contributed by atoms with Gasteiger partial charge in [0.1, 0.15) is 0 Å². The summed E-state index contributed by atoms with van der Waals surface area (Å²) in [5.41, 5.74) is -0.301. The average Bonchev–Trinajstić information content (AvgIpc) is 2.38. The number of nitrogens with zero attached hydrogens (tertiary/aromatic N) is 1. The molecule has 0 aliphatic heterocycles. The average molecular weight is 300 g/mol. The number of nitrogens with one attached hydrogen (secondary N) is 1. The van der Waals surface area contributed by atoms with Crippen LogP contribution < -0.4 is 5.32 Å². The van der Waals surface area contributed by atoms with E-state index in [4.69, 9.17) is 0 Å².